The Bertz CT molecular complexity index is 4020. The minimum absolute atomic E-state index is 0.0122. The van der Waals surface area contributed by atoms with E-state index in [-0.39, 0.29) is 76.5 Å². The van der Waals surface area contributed by atoms with Gasteiger partial charge in [-0.15, -0.1) is 11.3 Å². The highest BCUT2D eigenvalue weighted by atomic mass is 32.2. The maximum absolute atomic E-state index is 14.5. The second-order valence-electron chi connectivity index (χ2n) is 23.5. The second-order valence-corrected chi connectivity index (χ2v) is 26.0. The fraction of sp³-hybridized carbons (Fsp3) is 0.400. The lowest BCUT2D eigenvalue weighted by Gasteiger charge is -2.35. The molecule has 470 valence electrons. The molecule has 1 unspecified atom stereocenters. The van der Waals surface area contributed by atoms with Gasteiger partial charge in [0.05, 0.1) is 69.3 Å². The van der Waals surface area contributed by atoms with Crippen molar-refractivity contribution in [2.45, 2.75) is 114 Å². The average molecular weight is 1250 g/mol. The largest absolute Gasteiger partial charge is 0.493 e. The number of nitrogens with one attached hydrogen (secondary N) is 3. The Morgan fingerprint density at radius 3 is 2.26 bits per heavy atom. The van der Waals surface area contributed by atoms with Crippen molar-refractivity contribution in [2.75, 3.05) is 45.1 Å². The number of imidazole rings is 1. The number of carbonyl (C=O) groups excluding carboxylic acids is 3. The number of hydrogen-bond acceptors (Lipinski definition) is 16. The van der Waals surface area contributed by atoms with Gasteiger partial charge in [-0.25, -0.2) is 23.2 Å². The number of thiazole rings is 1. The Morgan fingerprint density at radius 2 is 1.56 bits per heavy atom. The molecule has 0 spiro atoms. The number of sulfonamides is 1. The van der Waals surface area contributed by atoms with Crippen molar-refractivity contribution in [1.29, 1.82) is 0 Å². The summed E-state index contributed by atoms with van der Waals surface area (Å²) in [6.07, 6.45) is 7.47. The van der Waals surface area contributed by atoms with Gasteiger partial charge in [0.2, 0.25) is 17.7 Å². The zero-order valence-corrected chi connectivity index (χ0v) is 53.1. The maximum atomic E-state index is 14.5. The Labute approximate surface area is 521 Å². The van der Waals surface area contributed by atoms with Gasteiger partial charge in [-0.2, -0.15) is 5.10 Å². The average Bonchev–Trinajstić information content (AvgIpc) is 1.79. The monoisotopic (exact) mass is 1250 g/mol. The first-order valence-electron chi connectivity index (χ1n) is 30.0. The number of unbranched alkanes of at least 4 members (excludes halogenated alkanes) is 1. The molecule has 5 heterocycles. The van der Waals surface area contributed by atoms with E-state index >= 15 is 0 Å². The molecule has 1 saturated heterocycles. The molecular weight excluding hydrogens is 1170 g/mol. The lowest BCUT2D eigenvalue weighted by atomic mass is 9.89. The molecule has 2 fully saturated rings. The number of fused-ring (bicyclic) bond motifs is 1. The number of amides is 3. The van der Waals surface area contributed by atoms with E-state index in [0.717, 1.165) is 53.1 Å². The van der Waals surface area contributed by atoms with Crippen LogP contribution in [0.2, 0.25) is 0 Å². The van der Waals surface area contributed by atoms with Gasteiger partial charge in [0.15, 0.2) is 5.75 Å². The highest BCUT2D eigenvalue weighted by Gasteiger charge is 2.43. The Hall–Kier alpha value is -8.58. The zero-order valence-electron chi connectivity index (χ0n) is 51.5. The van der Waals surface area contributed by atoms with Crippen LogP contribution in [0.1, 0.15) is 99.9 Å². The highest BCUT2D eigenvalue weighted by molar-refractivity contribution is 7.92. The van der Waals surface area contributed by atoms with Crippen LogP contribution in [0, 0.1) is 12.8 Å². The molecule has 8 aromatic rings. The molecule has 3 amide bonds. The van der Waals surface area contributed by atoms with Crippen molar-refractivity contribution in [3.05, 3.63) is 142 Å². The van der Waals surface area contributed by atoms with Crippen molar-refractivity contribution in [2.24, 2.45) is 20.0 Å². The third-order valence-corrected chi connectivity index (χ3v) is 18.4. The topological polar surface area (TPSA) is 256 Å². The number of anilines is 1. The van der Waals surface area contributed by atoms with E-state index in [1.54, 1.807) is 85.1 Å². The zero-order chi connectivity index (χ0) is 63.3. The van der Waals surface area contributed by atoms with Gasteiger partial charge in [0.1, 0.15) is 35.4 Å². The van der Waals surface area contributed by atoms with E-state index in [1.807, 2.05) is 84.6 Å². The van der Waals surface area contributed by atoms with E-state index < -0.39 is 34.1 Å². The molecule has 4 N–H and O–H groups in total. The summed E-state index contributed by atoms with van der Waals surface area (Å²) in [4.78, 5) is 68.5. The Balaban J connectivity index is 0.758. The third kappa shape index (κ3) is 14.8. The molecule has 1 aliphatic carbocycles. The fourth-order valence-corrected chi connectivity index (χ4v) is 13.0. The summed E-state index contributed by atoms with van der Waals surface area (Å²) in [5.74, 6) is 0.425. The van der Waals surface area contributed by atoms with E-state index in [9.17, 15) is 32.7 Å². The molecular formula is C65H77N11O11S2. The van der Waals surface area contributed by atoms with Crippen LogP contribution in [0.15, 0.2) is 125 Å². The van der Waals surface area contributed by atoms with Crippen molar-refractivity contribution in [1.82, 2.24) is 49.3 Å². The van der Waals surface area contributed by atoms with Crippen LogP contribution in [0.25, 0.3) is 32.6 Å². The predicted octanol–water partition coefficient (Wildman–Crippen LogP) is 9.05. The molecule has 1 saturated carbocycles. The van der Waals surface area contributed by atoms with E-state index in [4.69, 9.17) is 18.9 Å². The van der Waals surface area contributed by atoms with Crippen LogP contribution in [-0.2, 0) is 33.7 Å². The van der Waals surface area contributed by atoms with Crippen LogP contribution >= 0.6 is 11.3 Å². The minimum atomic E-state index is -4.38. The summed E-state index contributed by atoms with van der Waals surface area (Å²) in [6, 6.07) is 23.3. The van der Waals surface area contributed by atoms with Crippen LogP contribution in [0.4, 0.5) is 5.69 Å². The summed E-state index contributed by atoms with van der Waals surface area (Å²) in [6.45, 7) is 11.5. The summed E-state index contributed by atoms with van der Waals surface area (Å²) in [7, 11) is 2.89. The number of nitrogens with zero attached hydrogens (tertiary/aromatic N) is 8. The van der Waals surface area contributed by atoms with E-state index in [1.165, 1.54) is 38.3 Å². The summed E-state index contributed by atoms with van der Waals surface area (Å²) >= 11 is 1.57. The van der Waals surface area contributed by atoms with Gasteiger partial charge >= 0.3 is 5.69 Å². The number of aromatic nitrogens is 6. The standard InChI is InChI=1S/C65H77N11O11S2/c1-10-23-84-49-30-50(85-24-12-11-22-72(6)7)32-52(31-49)86-58-34-56-55(73(8)65(81)74(56)9)33-54(58)71-89(82,83)53-15-13-14-45(25-53)62(78)70-47-27-51(28-47)87-59-26-44(20-21-66-59)46-35-68-76(36-46)60(39(2)3)64(80)75-37-48(77)29-57(75)63(79)69-40(4)42-16-18-43(19-17-42)61-41(5)67-38-88-61/h13-21,25-26,30-36,38-40,47-48,51,57,60,71,77H,10-12,22-24,27-29,37H2,1-9H3,(H,69,79)(H,70,78)/t40-,47?,48+,51?,57-,60?/m0/s1. The molecule has 4 atom stereocenters. The number of pyridine rings is 1. The molecule has 0 radical (unpaired) electrons. The number of β-amino-alcohol motifs (C(OH)–C–C–N with tert-alkyl or cyclic N) is 1. The van der Waals surface area contributed by atoms with Crippen LogP contribution in [-0.4, -0.2) is 135 Å². The molecule has 0 bridgehead atoms. The van der Waals surface area contributed by atoms with Crippen molar-refractivity contribution in [3.63, 3.8) is 0 Å². The van der Waals surface area contributed by atoms with Gasteiger partial charge in [-0.05, 0) is 107 Å². The molecule has 24 heteroatoms. The number of rotatable bonds is 26. The van der Waals surface area contributed by atoms with Crippen LogP contribution in [0.3, 0.4) is 0 Å². The first-order valence-corrected chi connectivity index (χ1v) is 32.3. The normalized spacial score (nSPS) is 17.3. The Kier molecular flexibility index (Phi) is 19.6. The second kappa shape index (κ2) is 27.4. The molecule has 4 aromatic heterocycles. The molecule has 4 aromatic carbocycles. The predicted molar refractivity (Wildman–Crippen MR) is 340 cm³/mol. The van der Waals surface area contributed by atoms with Gasteiger partial charge in [-0.3, -0.25) is 32.9 Å². The number of aryl methyl sites for hydroxylation is 3. The van der Waals surface area contributed by atoms with Crippen LogP contribution < -0.4 is 40.0 Å². The van der Waals surface area contributed by atoms with Crippen molar-refractivity contribution >= 4 is 55.8 Å². The first-order chi connectivity index (χ1) is 42.6. The quantitative estimate of drug-likeness (QED) is 0.0369. The number of benzene rings is 4. The number of ether oxygens (including phenoxy) is 4. The highest BCUT2D eigenvalue weighted by Crippen LogP contribution is 2.39. The number of carbonyl (C=O) groups is 3. The van der Waals surface area contributed by atoms with E-state index in [0.29, 0.717) is 65.8 Å². The lowest BCUT2D eigenvalue weighted by molar-refractivity contribution is -0.142. The third-order valence-electron chi connectivity index (χ3n) is 16.0. The van der Waals surface area contributed by atoms with Crippen LogP contribution in [0.5, 0.6) is 28.9 Å². The maximum Gasteiger partial charge on any atom is 0.328 e. The number of aliphatic hydroxyl groups excluding tert-OH is 1. The number of likely N-dealkylation sites (tertiary alicyclic amines) is 1. The summed E-state index contributed by atoms with van der Waals surface area (Å²) in [5.41, 5.74) is 6.97. The van der Waals surface area contributed by atoms with Gasteiger partial charge in [0, 0.05) is 99.8 Å². The van der Waals surface area contributed by atoms with E-state index in [2.05, 4.69) is 35.3 Å². The molecule has 1 aliphatic heterocycles. The smallest absolute Gasteiger partial charge is 0.328 e. The lowest BCUT2D eigenvalue weighted by Crippen LogP contribution is -2.49. The first kappa shape index (κ1) is 63.4. The Morgan fingerprint density at radius 1 is 0.843 bits per heavy atom. The number of hydrogen-bond donors (Lipinski definition) is 4. The van der Waals surface area contributed by atoms with Gasteiger partial charge in [-0.1, -0.05) is 51.1 Å². The minimum Gasteiger partial charge on any atom is -0.493 e. The molecule has 10 rings (SSSR count). The van der Waals surface area contributed by atoms with Gasteiger partial charge < -0.3 is 44.5 Å². The summed E-state index contributed by atoms with van der Waals surface area (Å²) < 4.78 is 60.6. The van der Waals surface area contributed by atoms with Crippen molar-refractivity contribution in [3.8, 4) is 50.4 Å². The summed E-state index contributed by atoms with van der Waals surface area (Å²) in [5, 5.41) is 21.5. The number of aliphatic hydroxyl groups is 1. The SMILES string of the molecule is CCCOc1cc(OCCCCN(C)C)cc(Oc2cc3c(cc2NS(=O)(=O)c2cccc(C(=O)NC4CC(Oc5cc(-c6cnn(C(C(=O)N7C[C@H](O)C[C@H]7C(=O)N[C@@H](C)c7ccc(-c8scnc8C)cc7)C(C)C)c6)ccn5)C4)c2)n(C)c(=O)n3C)c1. The van der Waals surface area contributed by atoms with Crippen molar-refractivity contribution < 1.29 is 46.9 Å². The molecule has 89 heavy (non-hydrogen) atoms. The molecule has 2 aliphatic rings. The molecule has 22 nitrogen and oxygen atoms in total. The fourth-order valence-electron chi connectivity index (χ4n) is 11.1. The van der Waals surface area contributed by atoms with Gasteiger partial charge in [0.25, 0.3) is 15.9 Å².